The fourth-order valence-corrected chi connectivity index (χ4v) is 2.23. The van der Waals surface area contributed by atoms with E-state index in [0.29, 0.717) is 11.2 Å². The van der Waals surface area contributed by atoms with E-state index in [1.54, 1.807) is 0 Å². The van der Waals surface area contributed by atoms with Gasteiger partial charge < -0.3 is 4.42 Å². The number of furan rings is 1. The van der Waals surface area contributed by atoms with Crippen LogP contribution in [0.25, 0.3) is 11.2 Å². The number of carbonyl (C=O) groups is 1. The lowest BCUT2D eigenvalue weighted by Crippen LogP contribution is -2.28. The number of hydrogen-bond donors (Lipinski definition) is 0. The molecule has 0 aliphatic carbocycles. The van der Waals surface area contributed by atoms with Gasteiger partial charge in [-0.1, -0.05) is 26.0 Å². The van der Waals surface area contributed by atoms with E-state index in [2.05, 4.69) is 30.7 Å². The number of nitrogens with zero attached hydrogens (tertiary/aromatic N) is 3. The van der Waals surface area contributed by atoms with E-state index in [1.807, 2.05) is 6.92 Å². The van der Waals surface area contributed by atoms with Gasteiger partial charge in [-0.3, -0.25) is 14.5 Å². The monoisotopic (exact) mass is 307 g/mol. The molecule has 0 atom stereocenters. The maximum atomic E-state index is 12.2. The van der Waals surface area contributed by atoms with Crippen molar-refractivity contribution < 1.29 is 18.9 Å². The zero-order chi connectivity index (χ0) is 16.5. The number of hydrogen-bond acceptors (Lipinski definition) is 7. The van der Waals surface area contributed by atoms with Gasteiger partial charge in [0.15, 0.2) is 0 Å². The van der Waals surface area contributed by atoms with Gasteiger partial charge in [0.2, 0.25) is 11.5 Å². The smallest absolute Gasteiger partial charge is 0.245 e. The van der Waals surface area contributed by atoms with Crippen LogP contribution in [-0.2, 0) is 15.1 Å². The highest BCUT2D eigenvalue weighted by atomic mass is 16.9. The minimum absolute atomic E-state index is 0.0732. The van der Waals surface area contributed by atoms with E-state index >= 15 is 0 Å². The van der Waals surface area contributed by atoms with Crippen LogP contribution in [0.3, 0.4) is 0 Å². The molecule has 0 fully saturated rings. The summed E-state index contributed by atoms with van der Waals surface area (Å²) in [6, 6.07) is 0. The molecule has 0 N–H and O–H groups in total. The molecule has 2 rings (SSSR count). The zero-order valence-electron chi connectivity index (χ0n) is 13.8. The Bertz CT molecular complexity index is 684. The van der Waals surface area contributed by atoms with Crippen LogP contribution in [-0.4, -0.2) is 41.7 Å². The first kappa shape index (κ1) is 16.5. The second-order valence-electron chi connectivity index (χ2n) is 5.99. The van der Waals surface area contributed by atoms with E-state index in [1.165, 1.54) is 20.4 Å². The quantitative estimate of drug-likeness (QED) is 0.620. The van der Waals surface area contributed by atoms with Crippen molar-refractivity contribution in [3.05, 3.63) is 23.2 Å². The fraction of sp³-hybridized carbons (Fsp3) is 0.533. The summed E-state index contributed by atoms with van der Waals surface area (Å²) < 4.78 is 5.78. The van der Waals surface area contributed by atoms with Crippen molar-refractivity contribution in [2.45, 2.75) is 33.1 Å². The summed E-state index contributed by atoms with van der Waals surface area (Å²) in [7, 11) is 2.84. The lowest BCUT2D eigenvalue weighted by molar-refractivity contribution is -0.335. The van der Waals surface area contributed by atoms with Crippen molar-refractivity contribution in [3.63, 3.8) is 0 Å². The van der Waals surface area contributed by atoms with Crippen molar-refractivity contribution in [2.24, 2.45) is 0 Å². The van der Waals surface area contributed by atoms with Gasteiger partial charge in [-0.2, -0.15) is 0 Å². The Morgan fingerprint density at radius 3 is 2.50 bits per heavy atom. The molecule has 7 heteroatoms. The largest absolute Gasteiger partial charge is 0.441 e. The molecule has 2 aromatic rings. The third-order valence-electron chi connectivity index (χ3n) is 3.28. The Morgan fingerprint density at radius 1 is 1.32 bits per heavy atom. The van der Waals surface area contributed by atoms with Crippen molar-refractivity contribution in [3.8, 4) is 0 Å². The Labute approximate surface area is 129 Å². The summed E-state index contributed by atoms with van der Waals surface area (Å²) in [6.45, 7) is 8.01. The molecule has 0 bridgehead atoms. The Morgan fingerprint density at radius 2 is 1.95 bits per heavy atom. The number of hydroxylamine groups is 2. The van der Waals surface area contributed by atoms with Crippen LogP contribution in [0.15, 0.2) is 10.6 Å². The minimum atomic E-state index is -0.254. The van der Waals surface area contributed by atoms with Crippen molar-refractivity contribution in [2.75, 3.05) is 20.8 Å². The van der Waals surface area contributed by atoms with Crippen LogP contribution in [0.4, 0.5) is 0 Å². The average molecular weight is 307 g/mol. The molecule has 7 nitrogen and oxygen atoms in total. The van der Waals surface area contributed by atoms with Gasteiger partial charge in [-0.05, 0) is 6.92 Å². The molecule has 0 saturated heterocycles. The predicted molar refractivity (Wildman–Crippen MR) is 80.3 cm³/mol. The highest BCUT2D eigenvalue weighted by Gasteiger charge is 2.25. The third kappa shape index (κ3) is 3.16. The summed E-state index contributed by atoms with van der Waals surface area (Å²) in [5.41, 5.74) is 2.04. The van der Waals surface area contributed by atoms with Gasteiger partial charge >= 0.3 is 0 Å². The summed E-state index contributed by atoms with van der Waals surface area (Å²) >= 11 is 0. The number of Topliss-reactive ketones (excluding diaryl/α,β-unsaturated/α-hetero) is 1. The standard InChI is InChI=1S/C15H21N3O4/c1-9-12-14(22-13(9)15(2,3)4)16-7-10(17-12)11(19)8-18(20-5)21-6/h7H,8H2,1-6H3. The Hall–Kier alpha value is -1.83. The molecule has 0 radical (unpaired) electrons. The SMILES string of the molecule is CON(CC(=O)c1cnc2oc(C(C)(C)C)c(C)c2n1)OC. The van der Waals surface area contributed by atoms with Crippen LogP contribution >= 0.6 is 0 Å². The van der Waals surface area contributed by atoms with E-state index in [0.717, 1.165) is 16.6 Å². The second kappa shape index (κ2) is 6.12. The third-order valence-corrected chi connectivity index (χ3v) is 3.28. The van der Waals surface area contributed by atoms with Gasteiger partial charge in [0.1, 0.15) is 23.5 Å². The number of rotatable bonds is 5. The van der Waals surface area contributed by atoms with Gasteiger partial charge in [0, 0.05) is 11.0 Å². The molecule has 0 aromatic carbocycles. The summed E-state index contributed by atoms with van der Waals surface area (Å²) in [4.78, 5) is 30.5. The maximum Gasteiger partial charge on any atom is 0.245 e. The normalized spacial score (nSPS) is 12.3. The van der Waals surface area contributed by atoms with Crippen LogP contribution in [0.2, 0.25) is 0 Å². The molecule has 2 aromatic heterocycles. The first-order chi connectivity index (χ1) is 10.3. The zero-order valence-corrected chi connectivity index (χ0v) is 13.8. The lowest BCUT2D eigenvalue weighted by atomic mass is 9.91. The van der Waals surface area contributed by atoms with Gasteiger partial charge in [-0.15, -0.1) is 0 Å². The topological polar surface area (TPSA) is 77.7 Å². The van der Waals surface area contributed by atoms with E-state index in [9.17, 15) is 4.79 Å². The highest BCUT2D eigenvalue weighted by Crippen LogP contribution is 2.31. The summed E-state index contributed by atoms with van der Waals surface area (Å²) in [5.74, 6) is 0.568. The highest BCUT2D eigenvalue weighted by molar-refractivity contribution is 5.96. The summed E-state index contributed by atoms with van der Waals surface area (Å²) in [6.07, 6.45) is 1.41. The van der Waals surface area contributed by atoms with Gasteiger partial charge in [-0.25, -0.2) is 9.97 Å². The minimum Gasteiger partial charge on any atom is -0.441 e. The second-order valence-corrected chi connectivity index (χ2v) is 5.99. The van der Waals surface area contributed by atoms with Crippen molar-refractivity contribution in [1.29, 1.82) is 0 Å². The lowest BCUT2D eigenvalue weighted by Gasteiger charge is -2.15. The van der Waals surface area contributed by atoms with Crippen molar-refractivity contribution >= 4 is 17.0 Å². The molecule has 0 aliphatic heterocycles. The number of aromatic nitrogens is 2. The van der Waals surface area contributed by atoms with E-state index in [4.69, 9.17) is 14.1 Å². The molecule has 22 heavy (non-hydrogen) atoms. The fourth-order valence-electron chi connectivity index (χ4n) is 2.23. The van der Waals surface area contributed by atoms with Crippen LogP contribution in [0.1, 0.15) is 42.6 Å². The number of ketones is 1. The van der Waals surface area contributed by atoms with Crippen LogP contribution in [0, 0.1) is 6.92 Å². The van der Waals surface area contributed by atoms with Gasteiger partial charge in [0.05, 0.1) is 20.4 Å². The molecule has 120 valence electrons. The van der Waals surface area contributed by atoms with Crippen LogP contribution in [0.5, 0.6) is 0 Å². The first-order valence-corrected chi connectivity index (χ1v) is 6.93. The molecular weight excluding hydrogens is 286 g/mol. The average Bonchev–Trinajstić information content (AvgIpc) is 2.81. The van der Waals surface area contributed by atoms with Crippen LogP contribution < -0.4 is 0 Å². The molecule has 0 amide bonds. The Balaban J connectivity index is 2.38. The summed E-state index contributed by atoms with van der Waals surface area (Å²) in [5, 5.41) is 1.07. The molecule has 0 aliphatic rings. The number of carbonyl (C=O) groups excluding carboxylic acids is 1. The molecule has 0 unspecified atom stereocenters. The van der Waals surface area contributed by atoms with Crippen molar-refractivity contribution in [1.82, 2.24) is 15.2 Å². The molecular formula is C15H21N3O4. The van der Waals surface area contributed by atoms with Gasteiger partial charge in [0.25, 0.3) is 0 Å². The molecule has 2 heterocycles. The number of fused-ring (bicyclic) bond motifs is 1. The molecule has 0 saturated carbocycles. The first-order valence-electron chi connectivity index (χ1n) is 6.93. The predicted octanol–water partition coefficient (Wildman–Crippen LogP) is 2.44. The maximum absolute atomic E-state index is 12.2. The number of aryl methyl sites for hydroxylation is 1. The Kier molecular flexibility index (Phi) is 4.60. The van der Waals surface area contributed by atoms with E-state index < -0.39 is 0 Å². The molecule has 0 spiro atoms. The van der Waals surface area contributed by atoms with E-state index in [-0.39, 0.29) is 23.4 Å².